The van der Waals surface area contributed by atoms with Crippen LogP contribution < -0.4 is 0 Å². The maximum Gasteiger partial charge on any atom is 0.235 e. The van der Waals surface area contributed by atoms with Crippen molar-refractivity contribution in [3.05, 3.63) is 22.4 Å². The molecule has 0 aliphatic heterocycles. The third-order valence-corrected chi connectivity index (χ3v) is 2.89. The molecule has 56 valence electrons. The summed E-state index contributed by atoms with van der Waals surface area (Å²) in [5.74, 6) is 0.511. The molecule has 1 aliphatic rings. The summed E-state index contributed by atoms with van der Waals surface area (Å²) in [6, 6.07) is 4.35. The van der Waals surface area contributed by atoms with Gasteiger partial charge in [-0.3, -0.25) is 0 Å². The van der Waals surface area contributed by atoms with Crippen LogP contribution in [0.2, 0.25) is 0 Å². The maximum atomic E-state index is 9.88. The fraction of sp³-hybridized carbons (Fsp3) is 0.375. The summed E-state index contributed by atoms with van der Waals surface area (Å²) in [6.45, 7) is 0. The van der Waals surface area contributed by atoms with Gasteiger partial charge >= 0.3 is 0 Å². The number of thiophene rings is 1. The van der Waals surface area contributed by atoms with Crippen LogP contribution in [0.1, 0.15) is 17.2 Å². The molecule has 0 spiro atoms. The third-order valence-electron chi connectivity index (χ3n) is 1.88. The van der Waals surface area contributed by atoms with Crippen LogP contribution in [0, 0.1) is 0 Å². The number of aliphatic imine (C=N–C) groups is 1. The van der Waals surface area contributed by atoms with E-state index in [-0.39, 0.29) is 6.04 Å². The van der Waals surface area contributed by atoms with E-state index in [1.807, 2.05) is 6.07 Å². The Morgan fingerprint density at radius 2 is 2.64 bits per heavy atom. The van der Waals surface area contributed by atoms with Gasteiger partial charge in [-0.15, -0.1) is 11.3 Å². The predicted molar refractivity (Wildman–Crippen MR) is 43.6 cm³/mol. The Kier molecular flexibility index (Phi) is 1.60. The van der Waals surface area contributed by atoms with Gasteiger partial charge in [-0.1, -0.05) is 6.07 Å². The molecule has 1 aliphatic carbocycles. The number of hydrogen-bond donors (Lipinski definition) is 0. The molecule has 2 atom stereocenters. The van der Waals surface area contributed by atoms with Gasteiger partial charge < -0.3 is 0 Å². The Morgan fingerprint density at radius 3 is 3.27 bits per heavy atom. The van der Waals surface area contributed by atoms with Crippen LogP contribution in [0.5, 0.6) is 0 Å². The largest absolute Gasteiger partial charge is 0.235 e. The lowest BCUT2D eigenvalue weighted by Crippen LogP contribution is -1.78. The highest BCUT2D eigenvalue weighted by molar-refractivity contribution is 7.10. The number of carbonyl (C=O) groups excluding carboxylic acids is 1. The van der Waals surface area contributed by atoms with Gasteiger partial charge in [0.1, 0.15) is 0 Å². The Labute approximate surface area is 68.6 Å². The van der Waals surface area contributed by atoms with E-state index >= 15 is 0 Å². The molecular formula is C8H7NOS. The lowest BCUT2D eigenvalue weighted by Gasteiger charge is -1.86. The Hall–Kier alpha value is -0.920. The zero-order valence-electron chi connectivity index (χ0n) is 5.86. The predicted octanol–water partition coefficient (Wildman–Crippen LogP) is 1.94. The van der Waals surface area contributed by atoms with Crippen LogP contribution in [0.4, 0.5) is 0 Å². The minimum absolute atomic E-state index is 0.228. The molecule has 1 fully saturated rings. The van der Waals surface area contributed by atoms with Crippen molar-refractivity contribution in [2.24, 2.45) is 4.99 Å². The molecule has 1 heterocycles. The van der Waals surface area contributed by atoms with Crippen LogP contribution in [0.25, 0.3) is 0 Å². The molecule has 2 nitrogen and oxygen atoms in total. The Morgan fingerprint density at radius 1 is 1.73 bits per heavy atom. The first-order valence-electron chi connectivity index (χ1n) is 3.52. The minimum Gasteiger partial charge on any atom is -0.211 e. The molecule has 1 aromatic heterocycles. The summed E-state index contributed by atoms with van der Waals surface area (Å²) in [7, 11) is 0. The molecule has 2 rings (SSSR count). The van der Waals surface area contributed by atoms with Crippen LogP contribution in [0.3, 0.4) is 0 Å². The van der Waals surface area contributed by atoms with Crippen molar-refractivity contribution in [1.82, 2.24) is 0 Å². The van der Waals surface area contributed by atoms with Gasteiger partial charge in [-0.25, -0.2) is 9.79 Å². The molecule has 11 heavy (non-hydrogen) atoms. The standard InChI is InChI=1S/C8H7NOS/c10-5-9-7-4-6(7)8-2-1-3-11-8/h1-3,6-7H,4H2. The normalized spacial score (nSPS) is 27.6. The van der Waals surface area contributed by atoms with Gasteiger partial charge in [0.25, 0.3) is 0 Å². The second-order valence-electron chi connectivity index (χ2n) is 2.65. The van der Waals surface area contributed by atoms with E-state index in [1.165, 1.54) is 4.88 Å². The summed E-state index contributed by atoms with van der Waals surface area (Å²) in [5.41, 5.74) is 0. The summed E-state index contributed by atoms with van der Waals surface area (Å²) >= 11 is 1.73. The SMILES string of the molecule is O=C=NC1CC1c1cccs1. The van der Waals surface area contributed by atoms with Crippen molar-refractivity contribution < 1.29 is 4.79 Å². The smallest absolute Gasteiger partial charge is 0.211 e. The highest BCUT2D eigenvalue weighted by atomic mass is 32.1. The fourth-order valence-electron chi connectivity index (χ4n) is 1.20. The lowest BCUT2D eigenvalue weighted by atomic mass is 10.3. The van der Waals surface area contributed by atoms with E-state index in [0.717, 1.165) is 6.42 Å². The van der Waals surface area contributed by atoms with E-state index in [0.29, 0.717) is 5.92 Å². The number of hydrogen-bond acceptors (Lipinski definition) is 3. The highest BCUT2D eigenvalue weighted by Gasteiger charge is 2.39. The first kappa shape index (κ1) is 6.77. The molecule has 1 aromatic rings. The number of nitrogens with zero attached hydrogens (tertiary/aromatic N) is 1. The average molecular weight is 165 g/mol. The van der Waals surface area contributed by atoms with Gasteiger partial charge in [0.2, 0.25) is 6.08 Å². The molecule has 2 unspecified atom stereocenters. The summed E-state index contributed by atoms with van der Waals surface area (Å²) in [5, 5.41) is 2.05. The maximum absolute atomic E-state index is 9.88. The molecule has 0 amide bonds. The van der Waals surface area contributed by atoms with E-state index in [4.69, 9.17) is 0 Å². The summed E-state index contributed by atoms with van der Waals surface area (Å²) in [6.07, 6.45) is 2.62. The van der Waals surface area contributed by atoms with Crippen LogP contribution >= 0.6 is 11.3 Å². The van der Waals surface area contributed by atoms with Crippen LogP contribution in [-0.2, 0) is 4.79 Å². The second kappa shape index (κ2) is 2.61. The Bertz CT molecular complexity index is 287. The topological polar surface area (TPSA) is 29.4 Å². The fourth-order valence-corrected chi connectivity index (χ4v) is 2.10. The number of isocyanates is 1. The highest BCUT2D eigenvalue weighted by Crippen LogP contribution is 2.44. The van der Waals surface area contributed by atoms with E-state index < -0.39 is 0 Å². The molecule has 0 radical (unpaired) electrons. The van der Waals surface area contributed by atoms with E-state index in [9.17, 15) is 4.79 Å². The van der Waals surface area contributed by atoms with Gasteiger partial charge in [0, 0.05) is 10.8 Å². The molecule has 0 aromatic carbocycles. The van der Waals surface area contributed by atoms with Crippen LogP contribution in [-0.4, -0.2) is 12.1 Å². The molecule has 0 saturated heterocycles. The van der Waals surface area contributed by atoms with Gasteiger partial charge in [0.05, 0.1) is 6.04 Å². The van der Waals surface area contributed by atoms with Gasteiger partial charge in [0.15, 0.2) is 0 Å². The van der Waals surface area contributed by atoms with Crippen molar-refractivity contribution in [3.63, 3.8) is 0 Å². The van der Waals surface area contributed by atoms with Crippen molar-refractivity contribution in [2.75, 3.05) is 0 Å². The molecular weight excluding hydrogens is 158 g/mol. The van der Waals surface area contributed by atoms with Gasteiger partial charge in [-0.2, -0.15) is 0 Å². The number of rotatable bonds is 2. The first-order valence-corrected chi connectivity index (χ1v) is 4.40. The molecule has 1 saturated carbocycles. The molecule has 0 bridgehead atoms. The third kappa shape index (κ3) is 1.25. The monoisotopic (exact) mass is 165 g/mol. The minimum atomic E-state index is 0.228. The zero-order chi connectivity index (χ0) is 7.68. The Balaban J connectivity index is 2.07. The van der Waals surface area contributed by atoms with Crippen molar-refractivity contribution >= 4 is 17.4 Å². The second-order valence-corrected chi connectivity index (χ2v) is 3.62. The van der Waals surface area contributed by atoms with Crippen molar-refractivity contribution in [3.8, 4) is 0 Å². The van der Waals surface area contributed by atoms with Crippen molar-refractivity contribution in [2.45, 2.75) is 18.4 Å². The zero-order valence-corrected chi connectivity index (χ0v) is 6.67. The van der Waals surface area contributed by atoms with Crippen molar-refractivity contribution in [1.29, 1.82) is 0 Å². The van der Waals surface area contributed by atoms with Crippen LogP contribution in [0.15, 0.2) is 22.5 Å². The van der Waals surface area contributed by atoms with E-state index in [2.05, 4.69) is 16.4 Å². The van der Waals surface area contributed by atoms with Gasteiger partial charge in [-0.05, 0) is 17.9 Å². The summed E-state index contributed by atoms with van der Waals surface area (Å²) in [4.78, 5) is 14.9. The molecule has 0 N–H and O–H groups in total. The quantitative estimate of drug-likeness (QED) is 0.486. The summed E-state index contributed by atoms with van der Waals surface area (Å²) < 4.78 is 0. The average Bonchev–Trinajstić information content (AvgIpc) is 2.61. The lowest BCUT2D eigenvalue weighted by molar-refractivity contribution is 0.562. The van der Waals surface area contributed by atoms with E-state index in [1.54, 1.807) is 17.4 Å². The first-order chi connectivity index (χ1) is 5.42. The molecule has 3 heteroatoms.